The van der Waals surface area contributed by atoms with Crippen molar-refractivity contribution in [2.24, 2.45) is 0 Å². The van der Waals surface area contributed by atoms with Crippen molar-refractivity contribution in [3.05, 3.63) is 78.5 Å². The lowest BCUT2D eigenvalue weighted by atomic mass is 9.95. The van der Waals surface area contributed by atoms with Crippen molar-refractivity contribution >= 4 is 5.78 Å². The summed E-state index contributed by atoms with van der Waals surface area (Å²) in [6.45, 7) is 0. The predicted molar refractivity (Wildman–Crippen MR) is 115 cm³/mol. The quantitative estimate of drug-likeness (QED) is 0.476. The minimum absolute atomic E-state index is 0.183. The maximum absolute atomic E-state index is 5.30. The highest BCUT2D eigenvalue weighted by Crippen LogP contribution is 2.52. The van der Waals surface area contributed by atoms with Crippen molar-refractivity contribution < 1.29 is 4.74 Å². The van der Waals surface area contributed by atoms with E-state index in [0.29, 0.717) is 5.78 Å². The van der Waals surface area contributed by atoms with E-state index in [1.807, 2.05) is 36.5 Å². The third kappa shape index (κ3) is 2.87. The molecule has 3 heterocycles. The molecule has 0 unspecified atom stereocenters. The van der Waals surface area contributed by atoms with E-state index < -0.39 is 0 Å². The molecule has 6 rings (SSSR count). The Morgan fingerprint density at radius 1 is 0.968 bits per heavy atom. The number of benzene rings is 2. The lowest BCUT2D eigenvalue weighted by molar-refractivity contribution is 0.414. The van der Waals surface area contributed by atoms with Crippen LogP contribution in [0.1, 0.15) is 24.2 Å². The van der Waals surface area contributed by atoms with Crippen molar-refractivity contribution in [2.75, 3.05) is 7.11 Å². The fraction of sp³-hybridized carbons (Fsp3) is 0.174. The van der Waals surface area contributed by atoms with Crippen LogP contribution in [0.5, 0.6) is 5.75 Å². The molecule has 1 N–H and O–H groups in total. The highest BCUT2D eigenvalue weighted by atomic mass is 16.5. The van der Waals surface area contributed by atoms with E-state index >= 15 is 0 Å². The number of ether oxygens (including phenoxy) is 1. The van der Waals surface area contributed by atoms with E-state index in [4.69, 9.17) is 9.84 Å². The smallest absolute Gasteiger partial charge is 0.271 e. The van der Waals surface area contributed by atoms with Gasteiger partial charge in [0.25, 0.3) is 5.78 Å². The zero-order valence-corrected chi connectivity index (χ0v) is 16.9. The maximum atomic E-state index is 5.30. The van der Waals surface area contributed by atoms with Gasteiger partial charge in [0.1, 0.15) is 11.4 Å². The van der Waals surface area contributed by atoms with Crippen LogP contribution in [0.4, 0.5) is 0 Å². The van der Waals surface area contributed by atoms with Crippen molar-refractivity contribution in [3.63, 3.8) is 0 Å². The van der Waals surface area contributed by atoms with Crippen molar-refractivity contribution in [2.45, 2.75) is 18.3 Å². The number of methoxy groups -OCH3 is 1. The standard InChI is InChI=1S/C23H19N7O/c1-31-19-7-5-18(6-8-19)23(9-10-23)21-27-28-22-24-14-20(29-30(21)22)16-4-2-3-15(11-16)17-12-25-26-13-17/h2-8,11-14H,9-10H2,1H3,(H,25,26). The summed E-state index contributed by atoms with van der Waals surface area (Å²) in [7, 11) is 1.67. The second-order valence-electron chi connectivity index (χ2n) is 7.76. The van der Waals surface area contributed by atoms with E-state index in [-0.39, 0.29) is 5.41 Å². The molecule has 8 nitrogen and oxygen atoms in total. The van der Waals surface area contributed by atoms with Gasteiger partial charge in [-0.3, -0.25) is 5.10 Å². The van der Waals surface area contributed by atoms with Crippen molar-refractivity contribution in [1.29, 1.82) is 0 Å². The molecule has 0 saturated heterocycles. The molecule has 0 atom stereocenters. The third-order valence-corrected chi connectivity index (χ3v) is 5.94. The number of rotatable bonds is 5. The molecular formula is C23H19N7O. The first-order chi connectivity index (χ1) is 15.3. The molecule has 0 bridgehead atoms. The SMILES string of the molecule is COc1ccc(C2(c3nnc4ncc(-c5cccc(-c6cn[nH]c6)c5)nn34)CC2)cc1. The Labute approximate surface area is 178 Å². The zero-order valence-electron chi connectivity index (χ0n) is 16.9. The first-order valence-corrected chi connectivity index (χ1v) is 10.1. The average Bonchev–Trinajstić information content (AvgIpc) is 3.24. The van der Waals surface area contributed by atoms with Crippen LogP contribution < -0.4 is 4.74 Å². The van der Waals surface area contributed by atoms with E-state index in [1.165, 1.54) is 5.56 Å². The fourth-order valence-electron chi connectivity index (χ4n) is 4.07. The van der Waals surface area contributed by atoms with Crippen LogP contribution >= 0.6 is 0 Å². The number of H-pyrrole nitrogens is 1. The molecule has 5 aromatic rings. The number of fused-ring (bicyclic) bond motifs is 1. The molecule has 1 fully saturated rings. The molecule has 152 valence electrons. The summed E-state index contributed by atoms with van der Waals surface area (Å²) in [6.07, 6.45) is 7.43. The number of aromatic amines is 1. The Bertz CT molecular complexity index is 1370. The summed E-state index contributed by atoms with van der Waals surface area (Å²) in [4.78, 5) is 4.52. The van der Waals surface area contributed by atoms with Gasteiger partial charge in [0.2, 0.25) is 0 Å². The number of hydrogen-bond donors (Lipinski definition) is 1. The Balaban J connectivity index is 1.43. The van der Waals surface area contributed by atoms with Gasteiger partial charge in [-0.15, -0.1) is 10.2 Å². The topological polar surface area (TPSA) is 93.9 Å². The second-order valence-corrected chi connectivity index (χ2v) is 7.76. The molecule has 1 aliphatic carbocycles. The van der Waals surface area contributed by atoms with Gasteiger partial charge in [-0.1, -0.05) is 30.3 Å². The van der Waals surface area contributed by atoms with Crippen LogP contribution in [0.2, 0.25) is 0 Å². The van der Waals surface area contributed by atoms with E-state index in [2.05, 4.69) is 43.6 Å². The summed E-state index contributed by atoms with van der Waals surface area (Å²) < 4.78 is 7.09. The zero-order chi connectivity index (χ0) is 20.8. The molecular weight excluding hydrogens is 390 g/mol. The van der Waals surface area contributed by atoms with Gasteiger partial charge in [0.05, 0.1) is 24.9 Å². The second kappa shape index (κ2) is 6.73. The van der Waals surface area contributed by atoms with Crippen LogP contribution in [0.25, 0.3) is 28.2 Å². The Morgan fingerprint density at radius 3 is 2.55 bits per heavy atom. The molecule has 31 heavy (non-hydrogen) atoms. The Kier molecular flexibility index (Phi) is 3.86. The van der Waals surface area contributed by atoms with Crippen LogP contribution in [0.3, 0.4) is 0 Å². The van der Waals surface area contributed by atoms with Gasteiger partial charge < -0.3 is 4.74 Å². The first-order valence-electron chi connectivity index (χ1n) is 10.1. The average molecular weight is 409 g/mol. The molecule has 0 radical (unpaired) electrons. The fourth-order valence-corrected chi connectivity index (χ4v) is 4.07. The lowest BCUT2D eigenvalue weighted by Gasteiger charge is -2.14. The lowest BCUT2D eigenvalue weighted by Crippen LogP contribution is -2.15. The number of aromatic nitrogens is 7. The summed E-state index contributed by atoms with van der Waals surface area (Å²) >= 11 is 0. The molecule has 1 aliphatic rings. The minimum atomic E-state index is -0.183. The maximum Gasteiger partial charge on any atom is 0.271 e. The molecule has 0 spiro atoms. The summed E-state index contributed by atoms with van der Waals surface area (Å²) in [5.41, 5.74) is 4.84. The van der Waals surface area contributed by atoms with Crippen LogP contribution in [0.15, 0.2) is 67.1 Å². The van der Waals surface area contributed by atoms with Gasteiger partial charge in [-0.2, -0.15) is 14.7 Å². The molecule has 0 aliphatic heterocycles. The monoisotopic (exact) mass is 409 g/mol. The predicted octanol–water partition coefficient (Wildman–Crippen LogP) is 3.66. The highest BCUT2D eigenvalue weighted by Gasteiger charge is 2.50. The largest absolute Gasteiger partial charge is 0.497 e. The minimum Gasteiger partial charge on any atom is -0.497 e. The third-order valence-electron chi connectivity index (χ3n) is 5.94. The van der Waals surface area contributed by atoms with Crippen LogP contribution in [-0.4, -0.2) is 42.1 Å². The van der Waals surface area contributed by atoms with Gasteiger partial charge in [-0.05, 0) is 42.2 Å². The molecule has 3 aromatic heterocycles. The Morgan fingerprint density at radius 2 is 1.81 bits per heavy atom. The van der Waals surface area contributed by atoms with Crippen molar-refractivity contribution in [1.82, 2.24) is 35.0 Å². The summed E-state index contributed by atoms with van der Waals surface area (Å²) in [5, 5.41) is 20.5. The number of nitrogens with zero attached hydrogens (tertiary/aromatic N) is 6. The molecule has 8 heteroatoms. The van der Waals surface area contributed by atoms with Gasteiger partial charge in [0.15, 0.2) is 5.82 Å². The van der Waals surface area contributed by atoms with E-state index in [9.17, 15) is 0 Å². The summed E-state index contributed by atoms with van der Waals surface area (Å²) in [5.74, 6) is 2.17. The summed E-state index contributed by atoms with van der Waals surface area (Å²) in [6, 6.07) is 16.3. The molecule has 2 aromatic carbocycles. The van der Waals surface area contributed by atoms with E-state index in [1.54, 1.807) is 24.0 Å². The van der Waals surface area contributed by atoms with Crippen LogP contribution in [0, 0.1) is 0 Å². The normalized spacial score (nSPS) is 14.6. The molecule has 0 amide bonds. The number of nitrogens with one attached hydrogen (secondary N) is 1. The van der Waals surface area contributed by atoms with Gasteiger partial charge >= 0.3 is 0 Å². The van der Waals surface area contributed by atoms with Crippen LogP contribution in [-0.2, 0) is 5.41 Å². The molecule has 1 saturated carbocycles. The first kappa shape index (κ1) is 17.8. The van der Waals surface area contributed by atoms with Gasteiger partial charge in [0, 0.05) is 17.3 Å². The highest BCUT2D eigenvalue weighted by molar-refractivity contribution is 5.70. The van der Waals surface area contributed by atoms with Crippen molar-refractivity contribution in [3.8, 4) is 28.1 Å². The Hall–Kier alpha value is -4.07. The van der Waals surface area contributed by atoms with E-state index in [0.717, 1.165) is 46.8 Å². The number of hydrogen-bond acceptors (Lipinski definition) is 6. The van der Waals surface area contributed by atoms with Gasteiger partial charge in [-0.25, -0.2) is 4.98 Å².